The van der Waals surface area contributed by atoms with Gasteiger partial charge in [-0.1, -0.05) is 39.0 Å². The van der Waals surface area contributed by atoms with Gasteiger partial charge in [-0.3, -0.25) is 4.98 Å². The number of benzene rings is 1. The normalized spacial score (nSPS) is 17.6. The molecular formula is C20H25NO3. The summed E-state index contributed by atoms with van der Waals surface area (Å²) < 4.78 is 5.26. The third-order valence-electron chi connectivity index (χ3n) is 5.01. The van der Waals surface area contributed by atoms with Crippen LogP contribution >= 0.6 is 0 Å². The summed E-state index contributed by atoms with van der Waals surface area (Å²) in [5.74, 6) is 0.158. The maximum Gasteiger partial charge on any atom is 0.339 e. The second kappa shape index (κ2) is 6.52. The van der Waals surface area contributed by atoms with E-state index in [1.807, 2.05) is 24.3 Å². The fraction of sp³-hybridized carbons (Fsp3) is 0.500. The molecule has 1 aliphatic carbocycles. The first-order valence-electron chi connectivity index (χ1n) is 8.60. The van der Waals surface area contributed by atoms with Gasteiger partial charge in [0.1, 0.15) is 6.61 Å². The lowest BCUT2D eigenvalue weighted by Crippen LogP contribution is -2.29. The molecule has 0 saturated carbocycles. The summed E-state index contributed by atoms with van der Waals surface area (Å²) in [5, 5.41) is 9.81. The van der Waals surface area contributed by atoms with Crippen LogP contribution in [0.4, 0.5) is 0 Å². The van der Waals surface area contributed by atoms with Gasteiger partial charge in [-0.05, 0) is 42.2 Å². The van der Waals surface area contributed by atoms with Crippen molar-refractivity contribution in [3.8, 4) is 0 Å². The third-order valence-corrected chi connectivity index (χ3v) is 5.01. The van der Waals surface area contributed by atoms with Crippen LogP contribution in [0.3, 0.4) is 0 Å². The number of pyridine rings is 1. The monoisotopic (exact) mass is 327 g/mol. The average Bonchev–Trinajstić information content (AvgIpc) is 2.56. The lowest BCUT2D eigenvalue weighted by Gasteiger charge is -2.35. The third kappa shape index (κ3) is 3.16. The van der Waals surface area contributed by atoms with E-state index in [9.17, 15) is 4.79 Å². The van der Waals surface area contributed by atoms with Crippen molar-refractivity contribution in [3.05, 3.63) is 41.1 Å². The van der Waals surface area contributed by atoms with E-state index in [2.05, 4.69) is 20.8 Å². The van der Waals surface area contributed by atoms with Crippen molar-refractivity contribution < 1.29 is 14.6 Å². The van der Waals surface area contributed by atoms with Gasteiger partial charge in [0, 0.05) is 11.1 Å². The van der Waals surface area contributed by atoms with Gasteiger partial charge in [-0.2, -0.15) is 0 Å². The van der Waals surface area contributed by atoms with Crippen molar-refractivity contribution in [2.45, 2.75) is 40.0 Å². The Labute approximate surface area is 142 Å². The number of para-hydroxylation sites is 1. The Balaban J connectivity index is 2.13. The number of aromatic nitrogens is 1. The molecule has 1 aromatic heterocycles. The Morgan fingerprint density at radius 3 is 2.79 bits per heavy atom. The highest BCUT2D eigenvalue weighted by atomic mass is 16.5. The van der Waals surface area contributed by atoms with E-state index in [1.54, 1.807) is 0 Å². The van der Waals surface area contributed by atoms with Crippen LogP contribution in [0.15, 0.2) is 24.3 Å². The van der Waals surface area contributed by atoms with Gasteiger partial charge in [0.25, 0.3) is 0 Å². The molecule has 0 bridgehead atoms. The minimum atomic E-state index is -0.353. The van der Waals surface area contributed by atoms with E-state index >= 15 is 0 Å². The van der Waals surface area contributed by atoms with Crippen molar-refractivity contribution in [1.29, 1.82) is 0 Å². The smallest absolute Gasteiger partial charge is 0.339 e. The molecule has 24 heavy (non-hydrogen) atoms. The summed E-state index contributed by atoms with van der Waals surface area (Å²) in [6, 6.07) is 7.72. The van der Waals surface area contributed by atoms with Crippen LogP contribution in [-0.4, -0.2) is 29.3 Å². The van der Waals surface area contributed by atoms with Gasteiger partial charge in [0.15, 0.2) is 0 Å². The number of aliphatic hydroxyl groups is 1. The first-order valence-corrected chi connectivity index (χ1v) is 8.60. The summed E-state index contributed by atoms with van der Waals surface area (Å²) in [5.41, 5.74) is 3.71. The number of hydrogen-bond donors (Lipinski definition) is 1. The maximum atomic E-state index is 12.7. The summed E-state index contributed by atoms with van der Waals surface area (Å²) in [4.78, 5) is 17.5. The standard InChI is InChI=1S/C20H25NO3/c1-20(2,3)13-8-9-17-15(12-13)18(19(23)24-11-10-22)14-6-4-5-7-16(14)21-17/h4-7,13,22H,8-12H2,1-3H3. The van der Waals surface area contributed by atoms with Crippen LogP contribution in [0, 0.1) is 11.3 Å². The van der Waals surface area contributed by atoms with E-state index in [0.29, 0.717) is 11.5 Å². The number of carbonyl (C=O) groups excluding carboxylic acids is 1. The van der Waals surface area contributed by atoms with Gasteiger partial charge >= 0.3 is 5.97 Å². The highest BCUT2D eigenvalue weighted by molar-refractivity contribution is 6.05. The number of esters is 1. The molecule has 4 heteroatoms. The first-order chi connectivity index (χ1) is 11.4. The van der Waals surface area contributed by atoms with Crippen LogP contribution in [0.1, 0.15) is 48.8 Å². The summed E-state index contributed by atoms with van der Waals surface area (Å²) >= 11 is 0. The molecule has 1 heterocycles. The van der Waals surface area contributed by atoms with Crippen LogP contribution in [-0.2, 0) is 17.6 Å². The highest BCUT2D eigenvalue weighted by Gasteiger charge is 2.33. The predicted octanol–water partition coefficient (Wildman–Crippen LogP) is 3.53. The quantitative estimate of drug-likeness (QED) is 0.876. The second-order valence-corrected chi connectivity index (χ2v) is 7.59. The lowest BCUT2D eigenvalue weighted by molar-refractivity contribution is 0.0433. The second-order valence-electron chi connectivity index (χ2n) is 7.59. The van der Waals surface area contributed by atoms with Gasteiger partial charge in [0.2, 0.25) is 0 Å². The van der Waals surface area contributed by atoms with Crippen molar-refractivity contribution >= 4 is 16.9 Å². The highest BCUT2D eigenvalue weighted by Crippen LogP contribution is 2.39. The minimum Gasteiger partial charge on any atom is -0.460 e. The zero-order chi connectivity index (χ0) is 17.3. The zero-order valence-corrected chi connectivity index (χ0v) is 14.6. The number of carbonyl (C=O) groups is 1. The molecule has 0 spiro atoms. The molecule has 128 valence electrons. The first kappa shape index (κ1) is 16.9. The number of nitrogens with zero attached hydrogens (tertiary/aromatic N) is 1. The van der Waals surface area contributed by atoms with Crippen LogP contribution in [0.2, 0.25) is 0 Å². The van der Waals surface area contributed by atoms with E-state index < -0.39 is 0 Å². The number of aryl methyl sites for hydroxylation is 1. The van der Waals surface area contributed by atoms with Crippen molar-refractivity contribution in [2.75, 3.05) is 13.2 Å². The van der Waals surface area contributed by atoms with Gasteiger partial charge in [0.05, 0.1) is 17.7 Å². The van der Waals surface area contributed by atoms with Crippen molar-refractivity contribution in [2.24, 2.45) is 11.3 Å². The molecule has 1 atom stereocenters. The zero-order valence-electron chi connectivity index (χ0n) is 14.6. The Morgan fingerprint density at radius 1 is 1.33 bits per heavy atom. The maximum absolute atomic E-state index is 12.7. The SMILES string of the molecule is CC(C)(C)C1CCc2nc3ccccc3c(C(=O)OCCO)c2C1. The molecule has 1 unspecified atom stereocenters. The summed E-state index contributed by atoms with van der Waals surface area (Å²) in [7, 11) is 0. The predicted molar refractivity (Wildman–Crippen MR) is 94.1 cm³/mol. The molecule has 0 radical (unpaired) electrons. The van der Waals surface area contributed by atoms with E-state index in [1.165, 1.54) is 0 Å². The van der Waals surface area contributed by atoms with Gasteiger partial charge in [-0.15, -0.1) is 0 Å². The number of ether oxygens (including phenoxy) is 1. The Morgan fingerprint density at radius 2 is 2.08 bits per heavy atom. The largest absolute Gasteiger partial charge is 0.460 e. The van der Waals surface area contributed by atoms with Crippen molar-refractivity contribution in [1.82, 2.24) is 4.98 Å². The summed E-state index contributed by atoms with van der Waals surface area (Å²) in [6.07, 6.45) is 2.83. The van der Waals surface area contributed by atoms with Crippen molar-refractivity contribution in [3.63, 3.8) is 0 Å². The average molecular weight is 327 g/mol. The molecule has 1 aromatic carbocycles. The number of hydrogen-bond acceptors (Lipinski definition) is 4. The molecule has 0 fully saturated rings. The van der Waals surface area contributed by atoms with Crippen LogP contribution < -0.4 is 0 Å². The van der Waals surface area contributed by atoms with E-state index in [-0.39, 0.29) is 24.6 Å². The molecule has 0 amide bonds. The molecule has 4 nitrogen and oxygen atoms in total. The molecule has 0 aliphatic heterocycles. The Hall–Kier alpha value is -1.94. The number of aliphatic hydroxyl groups excluding tert-OH is 1. The fourth-order valence-electron chi connectivity index (χ4n) is 3.57. The van der Waals surface area contributed by atoms with Gasteiger partial charge < -0.3 is 9.84 Å². The Bertz CT molecular complexity index is 761. The molecule has 0 saturated heterocycles. The van der Waals surface area contributed by atoms with E-state index in [4.69, 9.17) is 14.8 Å². The summed E-state index contributed by atoms with van der Waals surface area (Å²) in [6.45, 7) is 6.61. The van der Waals surface area contributed by atoms with E-state index in [0.717, 1.165) is 41.4 Å². The molecular weight excluding hydrogens is 302 g/mol. The fourth-order valence-corrected chi connectivity index (χ4v) is 3.57. The molecule has 3 rings (SSSR count). The Kier molecular flexibility index (Phi) is 4.59. The van der Waals surface area contributed by atoms with Crippen LogP contribution in [0.5, 0.6) is 0 Å². The minimum absolute atomic E-state index is 0.0208. The number of fused-ring (bicyclic) bond motifs is 2. The van der Waals surface area contributed by atoms with Gasteiger partial charge in [-0.25, -0.2) is 4.79 Å². The molecule has 1 aliphatic rings. The number of rotatable bonds is 3. The molecule has 2 aromatic rings. The topological polar surface area (TPSA) is 59.4 Å². The van der Waals surface area contributed by atoms with Crippen LogP contribution in [0.25, 0.3) is 10.9 Å². The molecule has 1 N–H and O–H groups in total. The lowest BCUT2D eigenvalue weighted by atomic mass is 9.70.